The van der Waals surface area contributed by atoms with E-state index in [1.165, 1.54) is 0 Å². The average molecular weight is 530 g/mol. The van der Waals surface area contributed by atoms with E-state index in [0.29, 0.717) is 24.4 Å². The predicted octanol–water partition coefficient (Wildman–Crippen LogP) is 1.55. The molecule has 4 amide bonds. The third-order valence-electron chi connectivity index (χ3n) is 7.18. The van der Waals surface area contributed by atoms with Crippen LogP contribution in [-0.2, 0) is 14.4 Å². The van der Waals surface area contributed by atoms with E-state index in [4.69, 9.17) is 4.74 Å². The van der Waals surface area contributed by atoms with Crippen LogP contribution in [0.25, 0.3) is 0 Å². The van der Waals surface area contributed by atoms with Crippen molar-refractivity contribution in [3.8, 4) is 5.75 Å². The molecule has 0 aromatic heterocycles. The van der Waals surface area contributed by atoms with Gasteiger partial charge in [0.25, 0.3) is 5.91 Å². The lowest BCUT2D eigenvalue weighted by Gasteiger charge is -2.36. The van der Waals surface area contributed by atoms with Gasteiger partial charge in [0.1, 0.15) is 18.4 Å². The van der Waals surface area contributed by atoms with E-state index in [2.05, 4.69) is 27.8 Å². The highest BCUT2D eigenvalue weighted by atomic mass is 16.5. The third-order valence-corrected chi connectivity index (χ3v) is 7.18. The summed E-state index contributed by atoms with van der Waals surface area (Å²) in [6.45, 7) is 13.4. The number of carbonyl (C=O) groups is 4. The van der Waals surface area contributed by atoms with E-state index in [1.54, 1.807) is 43.0 Å². The lowest BCUT2D eigenvalue weighted by molar-refractivity contribution is -0.135. The molecule has 2 atom stereocenters. The number of rotatable bonds is 3. The molecule has 0 radical (unpaired) electrons. The quantitative estimate of drug-likeness (QED) is 0.547. The van der Waals surface area contributed by atoms with E-state index in [9.17, 15) is 19.2 Å². The maximum atomic E-state index is 13.5. The summed E-state index contributed by atoms with van der Waals surface area (Å²) in [5, 5.41) is 8.81. The molecule has 10 nitrogen and oxygen atoms in total. The number of hydrogen-bond acceptors (Lipinski definition) is 6. The second kappa shape index (κ2) is 13.1. The Morgan fingerprint density at radius 1 is 1.05 bits per heavy atom. The molecule has 10 heteroatoms. The first-order valence-electron chi connectivity index (χ1n) is 13.6. The summed E-state index contributed by atoms with van der Waals surface area (Å²) in [5.74, 6) is -0.662. The fourth-order valence-electron chi connectivity index (χ4n) is 4.78. The maximum Gasteiger partial charge on any atom is 0.255 e. The number of nitrogens with zero attached hydrogens (tertiary/aromatic N) is 2. The molecule has 2 aliphatic rings. The topological polar surface area (TPSA) is 120 Å². The fourth-order valence-corrected chi connectivity index (χ4v) is 4.78. The van der Waals surface area contributed by atoms with Crippen LogP contribution >= 0.6 is 0 Å². The van der Waals surface area contributed by atoms with E-state index in [-0.39, 0.29) is 55.6 Å². The lowest BCUT2D eigenvalue weighted by Crippen LogP contribution is -2.55. The van der Waals surface area contributed by atoms with Crippen molar-refractivity contribution >= 4 is 23.6 Å². The summed E-state index contributed by atoms with van der Waals surface area (Å²) in [6.07, 6.45) is 0.272. The first kappa shape index (κ1) is 29.4. The van der Waals surface area contributed by atoms with Gasteiger partial charge in [-0.2, -0.15) is 0 Å². The number of hydrogen-bond donors (Lipinski definition) is 3. The molecule has 1 saturated heterocycles. The molecule has 0 unspecified atom stereocenters. The van der Waals surface area contributed by atoms with E-state index >= 15 is 0 Å². The van der Waals surface area contributed by atoms with Gasteiger partial charge in [0.15, 0.2) is 0 Å². The van der Waals surface area contributed by atoms with Gasteiger partial charge in [-0.3, -0.25) is 19.2 Å². The van der Waals surface area contributed by atoms with Crippen molar-refractivity contribution in [1.29, 1.82) is 0 Å². The van der Waals surface area contributed by atoms with Crippen LogP contribution in [-0.4, -0.2) is 90.4 Å². The van der Waals surface area contributed by atoms with Crippen LogP contribution in [0.15, 0.2) is 24.3 Å². The third kappa shape index (κ3) is 8.18. The molecule has 3 N–H and O–H groups in total. The summed E-state index contributed by atoms with van der Waals surface area (Å²) in [5.41, 5.74) is -0.487. The van der Waals surface area contributed by atoms with Gasteiger partial charge >= 0.3 is 0 Å². The first-order chi connectivity index (χ1) is 18.0. The fraction of sp³-hybridized carbons (Fsp3) is 0.643. The zero-order chi connectivity index (χ0) is 27.9. The van der Waals surface area contributed by atoms with E-state index < -0.39 is 17.5 Å². The maximum absolute atomic E-state index is 13.5. The minimum absolute atomic E-state index is 0.0312. The number of benzene rings is 1. The highest BCUT2D eigenvalue weighted by Crippen LogP contribution is 2.20. The molecule has 38 heavy (non-hydrogen) atoms. The Morgan fingerprint density at radius 2 is 1.74 bits per heavy atom. The number of likely N-dealkylation sites (N-methyl/N-ethyl adjacent to an activating group) is 1. The van der Waals surface area contributed by atoms with Crippen LogP contribution in [0, 0.1) is 5.92 Å². The number of para-hydroxylation sites is 1. The molecule has 1 aromatic carbocycles. The number of piperazine rings is 1. The van der Waals surface area contributed by atoms with Crippen LogP contribution in [0.4, 0.5) is 0 Å². The lowest BCUT2D eigenvalue weighted by atomic mass is 9.98. The molecule has 3 rings (SSSR count). The number of carbonyl (C=O) groups excluding carboxylic acids is 4. The van der Waals surface area contributed by atoms with Gasteiger partial charge < -0.3 is 30.5 Å². The standard InChI is InChI=1S/C28H43N5O5/c1-6-32-13-15-33(16-14-32)27(37)21-11-12-24(34)31-28(4,5)17-25(35)29-22(19(2)3)18-38-23-10-8-7-9-20(23)26(36)30-21/h7-10,19,21-22H,6,11-18H2,1-5H3,(H,29,35)(H,30,36)(H,31,34)/t21-,22-/m0/s1. The summed E-state index contributed by atoms with van der Waals surface area (Å²) in [7, 11) is 0. The molecule has 0 saturated carbocycles. The molecule has 1 aromatic rings. The molecular formula is C28H43N5O5. The molecule has 0 spiro atoms. The van der Waals surface area contributed by atoms with Crippen molar-refractivity contribution in [2.75, 3.05) is 39.3 Å². The summed E-state index contributed by atoms with van der Waals surface area (Å²) in [6, 6.07) is 5.70. The van der Waals surface area contributed by atoms with Gasteiger partial charge in [-0.25, -0.2) is 0 Å². The summed E-state index contributed by atoms with van der Waals surface area (Å²) in [4.78, 5) is 56.7. The van der Waals surface area contributed by atoms with Crippen LogP contribution in [0.1, 0.15) is 64.2 Å². The smallest absolute Gasteiger partial charge is 0.255 e. The second-order valence-corrected chi connectivity index (χ2v) is 11.2. The predicted molar refractivity (Wildman–Crippen MR) is 145 cm³/mol. The summed E-state index contributed by atoms with van der Waals surface area (Å²) >= 11 is 0. The van der Waals surface area contributed by atoms with Crippen LogP contribution in [0.2, 0.25) is 0 Å². The highest BCUT2D eigenvalue weighted by Gasteiger charge is 2.32. The Labute approximate surface area is 225 Å². The van der Waals surface area contributed by atoms with Gasteiger partial charge in [-0.1, -0.05) is 32.9 Å². The first-order valence-corrected chi connectivity index (χ1v) is 13.6. The van der Waals surface area contributed by atoms with Crippen molar-refractivity contribution in [2.45, 2.75) is 71.5 Å². The monoisotopic (exact) mass is 529 g/mol. The van der Waals surface area contributed by atoms with Gasteiger partial charge in [-0.05, 0) is 44.9 Å². The summed E-state index contributed by atoms with van der Waals surface area (Å²) < 4.78 is 6.04. The van der Waals surface area contributed by atoms with Crippen LogP contribution in [0.3, 0.4) is 0 Å². The molecule has 2 aliphatic heterocycles. The average Bonchev–Trinajstić information content (AvgIpc) is 2.87. The Bertz CT molecular complexity index is 1000. The molecule has 0 aliphatic carbocycles. The van der Waals surface area contributed by atoms with Crippen molar-refractivity contribution in [2.24, 2.45) is 5.92 Å². The number of amides is 4. The number of fused-ring (bicyclic) bond motifs is 1. The minimum Gasteiger partial charge on any atom is -0.491 e. The van der Waals surface area contributed by atoms with Gasteiger partial charge in [0.05, 0.1) is 11.6 Å². The van der Waals surface area contributed by atoms with Gasteiger partial charge in [-0.15, -0.1) is 0 Å². The molecule has 0 bridgehead atoms. The minimum atomic E-state index is -0.864. The highest BCUT2D eigenvalue weighted by molar-refractivity contribution is 5.99. The largest absolute Gasteiger partial charge is 0.491 e. The Morgan fingerprint density at radius 3 is 2.39 bits per heavy atom. The van der Waals surface area contributed by atoms with Crippen molar-refractivity contribution in [1.82, 2.24) is 25.8 Å². The van der Waals surface area contributed by atoms with Crippen molar-refractivity contribution in [3.05, 3.63) is 29.8 Å². The normalized spacial score (nSPS) is 24.1. The van der Waals surface area contributed by atoms with E-state index in [1.807, 2.05) is 13.8 Å². The Kier molecular flexibility index (Phi) is 10.1. The van der Waals surface area contributed by atoms with Crippen LogP contribution in [0.5, 0.6) is 5.75 Å². The SMILES string of the molecule is CCN1CCN(C(=O)[C@@H]2CCC(=O)NC(C)(C)CC(=O)N[C@H](C(C)C)COc3ccccc3C(=O)N2)CC1. The van der Waals surface area contributed by atoms with Gasteiger partial charge in [0, 0.05) is 44.6 Å². The number of ether oxygens (including phenoxy) is 1. The molecule has 2 heterocycles. The Hall–Kier alpha value is -3.14. The molecule has 210 valence electrons. The molecule has 1 fully saturated rings. The van der Waals surface area contributed by atoms with Crippen molar-refractivity contribution in [3.63, 3.8) is 0 Å². The molecular weight excluding hydrogens is 486 g/mol. The zero-order valence-corrected chi connectivity index (χ0v) is 23.3. The van der Waals surface area contributed by atoms with Crippen LogP contribution < -0.4 is 20.7 Å². The second-order valence-electron chi connectivity index (χ2n) is 11.2. The van der Waals surface area contributed by atoms with E-state index in [0.717, 1.165) is 19.6 Å². The Balaban J connectivity index is 1.88. The van der Waals surface area contributed by atoms with Crippen molar-refractivity contribution < 1.29 is 23.9 Å². The number of nitrogens with one attached hydrogen (secondary N) is 3. The van der Waals surface area contributed by atoms with Gasteiger partial charge in [0.2, 0.25) is 17.7 Å². The zero-order valence-electron chi connectivity index (χ0n) is 23.3.